The van der Waals surface area contributed by atoms with Crippen molar-refractivity contribution in [1.82, 2.24) is 24.5 Å². The van der Waals surface area contributed by atoms with Gasteiger partial charge in [-0.3, -0.25) is 0 Å². The van der Waals surface area contributed by atoms with Crippen molar-refractivity contribution in [3.8, 4) is 5.88 Å². The lowest BCUT2D eigenvalue weighted by Gasteiger charge is -2.34. The SMILES string of the molecule is CCc1nn(C(c2ccccc2)(c2ccccc2)c2ccccc2)nc1OC(=O)n1ccnc1C. The van der Waals surface area contributed by atoms with E-state index in [0.29, 0.717) is 17.9 Å². The average molecular weight is 464 g/mol. The first kappa shape index (κ1) is 22.3. The quantitative estimate of drug-likeness (QED) is 0.322. The molecule has 0 atom stereocenters. The van der Waals surface area contributed by atoms with Gasteiger partial charge in [-0.25, -0.2) is 14.3 Å². The molecule has 7 nitrogen and oxygen atoms in total. The lowest BCUT2D eigenvalue weighted by molar-refractivity contribution is 0.198. The van der Waals surface area contributed by atoms with E-state index in [0.717, 1.165) is 16.7 Å². The second-order valence-electron chi connectivity index (χ2n) is 8.12. The summed E-state index contributed by atoms with van der Waals surface area (Å²) in [6.45, 7) is 3.70. The molecular weight excluding hydrogens is 438 g/mol. The molecule has 0 bridgehead atoms. The molecule has 2 aromatic heterocycles. The number of aromatic nitrogens is 5. The van der Waals surface area contributed by atoms with Gasteiger partial charge in [0.25, 0.3) is 5.88 Å². The molecule has 0 saturated carbocycles. The van der Waals surface area contributed by atoms with E-state index in [4.69, 9.17) is 14.9 Å². The van der Waals surface area contributed by atoms with Crippen LogP contribution >= 0.6 is 0 Å². The molecule has 5 rings (SSSR count). The van der Waals surface area contributed by atoms with Gasteiger partial charge in [0.2, 0.25) is 0 Å². The number of hydrogen-bond donors (Lipinski definition) is 0. The monoisotopic (exact) mass is 463 g/mol. The normalized spacial score (nSPS) is 11.4. The summed E-state index contributed by atoms with van der Waals surface area (Å²) < 4.78 is 7.08. The summed E-state index contributed by atoms with van der Waals surface area (Å²) in [7, 11) is 0. The van der Waals surface area contributed by atoms with Crippen molar-refractivity contribution < 1.29 is 9.53 Å². The van der Waals surface area contributed by atoms with E-state index >= 15 is 0 Å². The minimum Gasteiger partial charge on any atom is -0.387 e. The van der Waals surface area contributed by atoms with Gasteiger partial charge in [0.05, 0.1) is 0 Å². The van der Waals surface area contributed by atoms with Gasteiger partial charge in [-0.15, -0.1) is 5.10 Å². The van der Waals surface area contributed by atoms with Crippen LogP contribution in [0.3, 0.4) is 0 Å². The van der Waals surface area contributed by atoms with E-state index < -0.39 is 11.6 Å². The van der Waals surface area contributed by atoms with Crippen LogP contribution in [0.1, 0.15) is 35.1 Å². The standard InChI is InChI=1S/C28H25N5O2/c1-3-25-26(35-27(34)32-20-19-29-21(32)2)31-33(30-25)28(22-13-7-4-8-14-22,23-15-9-5-10-16-23)24-17-11-6-12-18-24/h4-20H,3H2,1-2H3. The van der Waals surface area contributed by atoms with Crippen molar-refractivity contribution in [2.24, 2.45) is 0 Å². The fourth-order valence-corrected chi connectivity index (χ4v) is 4.36. The van der Waals surface area contributed by atoms with Crippen LogP contribution in [0.4, 0.5) is 4.79 Å². The van der Waals surface area contributed by atoms with Crippen molar-refractivity contribution in [2.45, 2.75) is 25.8 Å². The van der Waals surface area contributed by atoms with Gasteiger partial charge in [0.15, 0.2) is 5.54 Å². The van der Waals surface area contributed by atoms with Crippen LogP contribution in [-0.4, -0.2) is 30.6 Å². The largest absolute Gasteiger partial charge is 0.426 e. The lowest BCUT2D eigenvalue weighted by Crippen LogP contribution is -2.39. The minimum absolute atomic E-state index is 0.178. The Labute approximate surface area is 203 Å². The van der Waals surface area contributed by atoms with Gasteiger partial charge in [0, 0.05) is 12.4 Å². The molecule has 2 heterocycles. The third-order valence-electron chi connectivity index (χ3n) is 6.06. The summed E-state index contributed by atoms with van der Waals surface area (Å²) in [4.78, 5) is 18.6. The Morgan fingerprint density at radius 1 is 0.829 bits per heavy atom. The smallest absolute Gasteiger partial charge is 0.387 e. The van der Waals surface area contributed by atoms with Gasteiger partial charge in [-0.1, -0.05) is 97.9 Å². The number of rotatable bonds is 6. The molecular formula is C28H25N5O2. The molecule has 0 aliphatic heterocycles. The maximum atomic E-state index is 12.9. The molecule has 0 aliphatic rings. The van der Waals surface area contributed by atoms with E-state index in [2.05, 4.69) is 41.4 Å². The molecule has 35 heavy (non-hydrogen) atoms. The average Bonchev–Trinajstić information content (AvgIpc) is 3.52. The second-order valence-corrected chi connectivity index (χ2v) is 8.12. The van der Waals surface area contributed by atoms with E-state index in [1.807, 2.05) is 61.5 Å². The predicted octanol–water partition coefficient (Wildman–Crippen LogP) is 5.23. The Kier molecular flexibility index (Phi) is 5.97. The van der Waals surface area contributed by atoms with Crippen LogP contribution in [0.5, 0.6) is 5.88 Å². The number of imidazole rings is 1. The highest BCUT2D eigenvalue weighted by Crippen LogP contribution is 2.40. The maximum absolute atomic E-state index is 12.9. The third-order valence-corrected chi connectivity index (χ3v) is 6.06. The highest BCUT2D eigenvalue weighted by molar-refractivity contribution is 5.73. The molecule has 174 valence electrons. The molecule has 0 radical (unpaired) electrons. The molecule has 0 amide bonds. The maximum Gasteiger partial charge on any atom is 0.426 e. The van der Waals surface area contributed by atoms with Crippen LogP contribution in [0, 0.1) is 6.92 Å². The van der Waals surface area contributed by atoms with E-state index in [9.17, 15) is 4.79 Å². The van der Waals surface area contributed by atoms with Crippen molar-refractivity contribution in [3.05, 3.63) is 132 Å². The van der Waals surface area contributed by atoms with Gasteiger partial charge in [-0.2, -0.15) is 9.90 Å². The first-order chi connectivity index (χ1) is 17.1. The van der Waals surface area contributed by atoms with Crippen LogP contribution in [-0.2, 0) is 12.0 Å². The molecule has 0 aliphatic carbocycles. The minimum atomic E-state index is -0.886. The summed E-state index contributed by atoms with van der Waals surface area (Å²) in [6.07, 6.45) is 3.08. The Balaban J connectivity index is 1.74. The number of carbonyl (C=O) groups is 1. The summed E-state index contributed by atoms with van der Waals surface area (Å²) in [5.41, 5.74) is 2.65. The number of hydrogen-bond acceptors (Lipinski definition) is 5. The molecule has 0 unspecified atom stereocenters. The molecule has 7 heteroatoms. The highest BCUT2D eigenvalue weighted by Gasteiger charge is 2.41. The zero-order valence-electron chi connectivity index (χ0n) is 19.6. The summed E-state index contributed by atoms with van der Waals surface area (Å²) in [5.74, 6) is 0.713. The van der Waals surface area contributed by atoms with Gasteiger partial charge in [0.1, 0.15) is 11.5 Å². The summed E-state index contributed by atoms with van der Waals surface area (Å²) >= 11 is 0. The van der Waals surface area contributed by atoms with Gasteiger partial charge >= 0.3 is 6.09 Å². The van der Waals surface area contributed by atoms with Crippen LogP contribution < -0.4 is 4.74 Å². The molecule has 0 N–H and O–H groups in total. The van der Waals surface area contributed by atoms with Gasteiger partial charge < -0.3 is 4.74 Å². The van der Waals surface area contributed by atoms with Crippen LogP contribution in [0.2, 0.25) is 0 Å². The van der Waals surface area contributed by atoms with E-state index in [1.54, 1.807) is 24.1 Å². The fraction of sp³-hybridized carbons (Fsp3) is 0.143. The second kappa shape index (κ2) is 9.38. The van der Waals surface area contributed by atoms with Gasteiger partial charge in [-0.05, 0) is 30.0 Å². The predicted molar refractivity (Wildman–Crippen MR) is 132 cm³/mol. The highest BCUT2D eigenvalue weighted by atomic mass is 16.6. The first-order valence-electron chi connectivity index (χ1n) is 11.5. The number of ether oxygens (including phenoxy) is 1. The number of benzene rings is 3. The van der Waals surface area contributed by atoms with Crippen molar-refractivity contribution in [3.63, 3.8) is 0 Å². The topological polar surface area (TPSA) is 74.8 Å². The molecule has 0 fully saturated rings. The van der Waals surface area contributed by atoms with Crippen molar-refractivity contribution in [1.29, 1.82) is 0 Å². The molecule has 0 spiro atoms. The fourth-order valence-electron chi connectivity index (χ4n) is 4.36. The Morgan fingerprint density at radius 2 is 1.34 bits per heavy atom. The van der Waals surface area contributed by atoms with E-state index in [-0.39, 0.29) is 5.88 Å². The third kappa shape index (κ3) is 3.91. The van der Waals surface area contributed by atoms with Crippen molar-refractivity contribution in [2.75, 3.05) is 0 Å². The zero-order valence-corrected chi connectivity index (χ0v) is 19.6. The summed E-state index contributed by atoms with van der Waals surface area (Å²) in [6, 6.07) is 30.4. The molecule has 5 aromatic rings. The molecule has 0 saturated heterocycles. The zero-order chi connectivity index (χ0) is 24.3. The summed E-state index contributed by atoms with van der Waals surface area (Å²) in [5, 5.41) is 9.68. The van der Waals surface area contributed by atoms with E-state index in [1.165, 1.54) is 4.57 Å². The number of carbonyl (C=O) groups excluding carboxylic acids is 1. The lowest BCUT2D eigenvalue weighted by atomic mass is 9.77. The van der Waals surface area contributed by atoms with Crippen LogP contribution in [0.25, 0.3) is 0 Å². The first-order valence-corrected chi connectivity index (χ1v) is 11.5. The Morgan fingerprint density at radius 3 is 1.77 bits per heavy atom. The molecule has 3 aromatic carbocycles. The van der Waals surface area contributed by atoms with Crippen molar-refractivity contribution >= 4 is 6.09 Å². The van der Waals surface area contributed by atoms with Crippen LogP contribution in [0.15, 0.2) is 103 Å². The Bertz CT molecular complexity index is 1330. The number of nitrogens with zero attached hydrogens (tertiary/aromatic N) is 5. The number of aryl methyl sites for hydroxylation is 2. The Hall–Kier alpha value is -4.52.